The van der Waals surface area contributed by atoms with E-state index in [-0.39, 0.29) is 19.1 Å². The highest BCUT2D eigenvalue weighted by atomic mass is 16.5. The van der Waals surface area contributed by atoms with Gasteiger partial charge in [-0.2, -0.15) is 0 Å². The van der Waals surface area contributed by atoms with Gasteiger partial charge in [0.1, 0.15) is 11.5 Å². The molecule has 0 saturated carbocycles. The van der Waals surface area contributed by atoms with Crippen LogP contribution in [0.4, 0.5) is 0 Å². The van der Waals surface area contributed by atoms with E-state index in [9.17, 15) is 4.79 Å². The maximum atomic E-state index is 11.8. The van der Waals surface area contributed by atoms with Crippen molar-refractivity contribution in [2.45, 2.75) is 26.6 Å². The fourth-order valence-corrected chi connectivity index (χ4v) is 1.66. The van der Waals surface area contributed by atoms with E-state index in [2.05, 4.69) is 10.3 Å². The topological polar surface area (TPSA) is 84.6 Å². The van der Waals surface area contributed by atoms with Crippen LogP contribution in [0.15, 0.2) is 34.9 Å². The molecular weight excluding hydrogens is 272 g/mol. The fourth-order valence-electron chi connectivity index (χ4n) is 1.66. The fraction of sp³-hybridized carbons (Fsp3) is 0.333. The number of oxazole rings is 1. The SMILES string of the molecule is Cc1cnc(COc2ccc(C(=O)NC[C@H](C)O)cc2)o1. The molecule has 2 rings (SSSR count). The van der Waals surface area contributed by atoms with Crippen molar-refractivity contribution < 1.29 is 19.1 Å². The molecule has 0 aliphatic rings. The maximum absolute atomic E-state index is 11.8. The molecule has 0 saturated heterocycles. The summed E-state index contributed by atoms with van der Waals surface area (Å²) in [5, 5.41) is 11.7. The van der Waals surface area contributed by atoms with E-state index in [1.165, 1.54) is 0 Å². The summed E-state index contributed by atoms with van der Waals surface area (Å²) in [4.78, 5) is 15.8. The second-order valence-electron chi connectivity index (χ2n) is 4.74. The summed E-state index contributed by atoms with van der Waals surface area (Å²) in [5.74, 6) is 1.63. The van der Waals surface area contributed by atoms with Gasteiger partial charge in [-0.3, -0.25) is 4.79 Å². The molecule has 1 aromatic carbocycles. The first-order valence-electron chi connectivity index (χ1n) is 6.65. The van der Waals surface area contributed by atoms with E-state index in [4.69, 9.17) is 14.3 Å². The standard InChI is InChI=1S/C15H18N2O4/c1-10(18)7-17-15(19)12-3-5-13(6-4-12)20-9-14-16-8-11(2)21-14/h3-6,8,10,18H,7,9H2,1-2H3,(H,17,19)/t10-/m0/s1. The van der Waals surface area contributed by atoms with Crippen molar-refractivity contribution in [3.63, 3.8) is 0 Å². The van der Waals surface area contributed by atoms with Crippen molar-refractivity contribution in [2.75, 3.05) is 6.54 Å². The number of hydrogen-bond donors (Lipinski definition) is 2. The first-order chi connectivity index (χ1) is 10.0. The number of ether oxygens (including phenoxy) is 1. The molecule has 6 heteroatoms. The van der Waals surface area contributed by atoms with Gasteiger partial charge in [0.15, 0.2) is 6.61 Å². The molecule has 1 amide bonds. The first-order valence-corrected chi connectivity index (χ1v) is 6.65. The van der Waals surface area contributed by atoms with Gasteiger partial charge in [-0.1, -0.05) is 0 Å². The third-order valence-electron chi connectivity index (χ3n) is 2.71. The van der Waals surface area contributed by atoms with Crippen LogP contribution in [0.25, 0.3) is 0 Å². The van der Waals surface area contributed by atoms with Crippen molar-refractivity contribution in [3.8, 4) is 5.75 Å². The lowest BCUT2D eigenvalue weighted by Gasteiger charge is -2.08. The lowest BCUT2D eigenvalue weighted by atomic mass is 10.2. The number of nitrogens with zero attached hydrogens (tertiary/aromatic N) is 1. The molecule has 1 aromatic heterocycles. The van der Waals surface area contributed by atoms with Gasteiger partial charge >= 0.3 is 0 Å². The first kappa shape index (κ1) is 15.1. The number of aryl methyl sites for hydroxylation is 1. The number of aliphatic hydroxyl groups excluding tert-OH is 1. The summed E-state index contributed by atoms with van der Waals surface area (Å²) in [6.45, 7) is 3.89. The summed E-state index contributed by atoms with van der Waals surface area (Å²) in [6, 6.07) is 6.72. The molecule has 0 fully saturated rings. The molecule has 21 heavy (non-hydrogen) atoms. The lowest BCUT2D eigenvalue weighted by Crippen LogP contribution is -2.30. The second kappa shape index (κ2) is 6.90. The Morgan fingerprint density at radius 2 is 2.14 bits per heavy atom. The van der Waals surface area contributed by atoms with Crippen molar-refractivity contribution in [3.05, 3.63) is 47.7 Å². The van der Waals surface area contributed by atoms with Crippen LogP contribution in [0, 0.1) is 6.92 Å². The van der Waals surface area contributed by atoms with Gasteiger partial charge in [0.05, 0.1) is 12.3 Å². The number of carbonyl (C=O) groups excluding carboxylic acids is 1. The summed E-state index contributed by atoms with van der Waals surface area (Å²) in [5.41, 5.74) is 0.509. The molecule has 0 unspecified atom stereocenters. The van der Waals surface area contributed by atoms with Gasteiger partial charge in [-0.05, 0) is 38.1 Å². The van der Waals surface area contributed by atoms with Crippen LogP contribution < -0.4 is 10.1 Å². The van der Waals surface area contributed by atoms with Crippen molar-refractivity contribution in [1.82, 2.24) is 10.3 Å². The van der Waals surface area contributed by atoms with Crippen molar-refractivity contribution >= 4 is 5.91 Å². The molecule has 0 bridgehead atoms. The number of aromatic nitrogens is 1. The largest absolute Gasteiger partial charge is 0.484 e. The van der Waals surface area contributed by atoms with E-state index in [1.807, 2.05) is 6.92 Å². The Balaban J connectivity index is 1.88. The molecule has 2 aromatic rings. The zero-order valence-corrected chi connectivity index (χ0v) is 12.0. The Morgan fingerprint density at radius 1 is 1.43 bits per heavy atom. The van der Waals surface area contributed by atoms with Crippen molar-refractivity contribution in [1.29, 1.82) is 0 Å². The maximum Gasteiger partial charge on any atom is 0.251 e. The highest BCUT2D eigenvalue weighted by molar-refractivity contribution is 5.94. The molecular formula is C15H18N2O4. The average Bonchev–Trinajstić information content (AvgIpc) is 2.89. The molecule has 1 atom stereocenters. The zero-order chi connectivity index (χ0) is 15.2. The van der Waals surface area contributed by atoms with Gasteiger partial charge in [0.2, 0.25) is 5.89 Å². The summed E-state index contributed by atoms with van der Waals surface area (Å²) in [6.07, 6.45) is 1.06. The van der Waals surface area contributed by atoms with Crippen LogP contribution in [0.5, 0.6) is 5.75 Å². The summed E-state index contributed by atoms with van der Waals surface area (Å²) >= 11 is 0. The van der Waals surface area contributed by atoms with E-state index in [0.29, 0.717) is 17.2 Å². The summed E-state index contributed by atoms with van der Waals surface area (Å²) < 4.78 is 10.8. The van der Waals surface area contributed by atoms with Gasteiger partial charge in [-0.15, -0.1) is 0 Å². The molecule has 112 valence electrons. The van der Waals surface area contributed by atoms with Crippen LogP contribution >= 0.6 is 0 Å². The molecule has 0 aliphatic carbocycles. The molecule has 0 aliphatic heterocycles. The van der Waals surface area contributed by atoms with E-state index in [0.717, 1.165) is 5.76 Å². The van der Waals surface area contributed by atoms with E-state index in [1.54, 1.807) is 37.4 Å². The van der Waals surface area contributed by atoms with E-state index < -0.39 is 6.10 Å². The Bertz CT molecular complexity index is 590. The second-order valence-corrected chi connectivity index (χ2v) is 4.74. The third kappa shape index (κ3) is 4.61. The molecule has 6 nitrogen and oxygen atoms in total. The van der Waals surface area contributed by atoms with Crippen molar-refractivity contribution in [2.24, 2.45) is 0 Å². The van der Waals surface area contributed by atoms with Gasteiger partial charge in [0.25, 0.3) is 5.91 Å². The van der Waals surface area contributed by atoms with Gasteiger partial charge in [-0.25, -0.2) is 4.98 Å². The van der Waals surface area contributed by atoms with Crippen LogP contribution in [-0.2, 0) is 6.61 Å². The van der Waals surface area contributed by atoms with Crippen LogP contribution in [-0.4, -0.2) is 28.6 Å². The Labute approximate surface area is 122 Å². The normalized spacial score (nSPS) is 12.0. The predicted octanol–water partition coefficient (Wildman–Crippen LogP) is 1.67. The predicted molar refractivity (Wildman–Crippen MR) is 76.0 cm³/mol. The number of benzene rings is 1. The molecule has 0 radical (unpaired) electrons. The minimum Gasteiger partial charge on any atom is -0.484 e. The Kier molecular flexibility index (Phi) is 4.94. The lowest BCUT2D eigenvalue weighted by molar-refractivity contribution is 0.0924. The number of carbonyl (C=O) groups is 1. The average molecular weight is 290 g/mol. The van der Waals surface area contributed by atoms with Crippen LogP contribution in [0.3, 0.4) is 0 Å². The Hall–Kier alpha value is -2.34. The van der Waals surface area contributed by atoms with Gasteiger partial charge in [0, 0.05) is 12.1 Å². The molecule has 2 N–H and O–H groups in total. The number of rotatable bonds is 6. The number of amides is 1. The molecule has 0 spiro atoms. The monoisotopic (exact) mass is 290 g/mol. The van der Waals surface area contributed by atoms with Gasteiger partial charge < -0.3 is 19.6 Å². The third-order valence-corrected chi connectivity index (χ3v) is 2.71. The molecule has 1 heterocycles. The van der Waals surface area contributed by atoms with Crippen LogP contribution in [0.2, 0.25) is 0 Å². The minimum atomic E-state index is -0.569. The zero-order valence-electron chi connectivity index (χ0n) is 12.0. The number of hydrogen-bond acceptors (Lipinski definition) is 5. The van der Waals surface area contributed by atoms with E-state index >= 15 is 0 Å². The number of nitrogens with one attached hydrogen (secondary N) is 1. The summed E-state index contributed by atoms with van der Waals surface area (Å²) in [7, 11) is 0. The smallest absolute Gasteiger partial charge is 0.251 e. The van der Waals surface area contributed by atoms with Crippen LogP contribution in [0.1, 0.15) is 28.9 Å². The quantitative estimate of drug-likeness (QED) is 0.845. The number of aliphatic hydroxyl groups is 1. The highest BCUT2D eigenvalue weighted by Crippen LogP contribution is 2.14. The Morgan fingerprint density at radius 3 is 2.71 bits per heavy atom. The highest BCUT2D eigenvalue weighted by Gasteiger charge is 2.07. The minimum absolute atomic E-state index is 0.223.